The van der Waals surface area contributed by atoms with E-state index in [9.17, 15) is 4.79 Å². The van der Waals surface area contributed by atoms with Gasteiger partial charge in [-0.25, -0.2) is 0 Å². The summed E-state index contributed by atoms with van der Waals surface area (Å²) in [4.78, 5) is 13.4. The van der Waals surface area contributed by atoms with Gasteiger partial charge in [-0.3, -0.25) is 4.79 Å². The molecule has 0 aliphatic carbocycles. The number of nitrogens with one attached hydrogen (secondary N) is 1. The predicted molar refractivity (Wildman–Crippen MR) is 83.6 cm³/mol. The minimum atomic E-state index is -0.244. The van der Waals surface area contributed by atoms with Gasteiger partial charge in [0.2, 0.25) is 0 Å². The molecule has 104 valence electrons. The van der Waals surface area contributed by atoms with E-state index in [1.165, 1.54) is 7.11 Å². The second kappa shape index (κ2) is 6.34. The first-order valence-electron chi connectivity index (χ1n) is 6.03. The fourth-order valence-corrected chi connectivity index (χ4v) is 2.24. The molecule has 2 rings (SSSR count). The molecule has 0 spiro atoms. The number of hydrogen-bond acceptors (Lipinski definition) is 4. The number of anilines is 2. The summed E-state index contributed by atoms with van der Waals surface area (Å²) < 4.78 is 5.18. The van der Waals surface area contributed by atoms with Crippen molar-refractivity contribution in [3.8, 4) is 5.75 Å². The van der Waals surface area contributed by atoms with E-state index < -0.39 is 0 Å². The van der Waals surface area contributed by atoms with Crippen LogP contribution >= 0.6 is 11.8 Å². The molecule has 2 aromatic rings. The van der Waals surface area contributed by atoms with Crippen molar-refractivity contribution < 1.29 is 9.53 Å². The molecule has 0 aliphatic rings. The van der Waals surface area contributed by atoms with Crippen LogP contribution in [0.25, 0.3) is 0 Å². The van der Waals surface area contributed by atoms with Crippen LogP contribution < -0.4 is 15.8 Å². The summed E-state index contributed by atoms with van der Waals surface area (Å²) in [7, 11) is 1.50. The Bertz CT molecular complexity index is 612. The minimum absolute atomic E-state index is 0.244. The summed E-state index contributed by atoms with van der Waals surface area (Å²) in [6.07, 6.45) is 2.01. The zero-order valence-corrected chi connectivity index (χ0v) is 12.2. The van der Waals surface area contributed by atoms with Crippen molar-refractivity contribution in [1.29, 1.82) is 0 Å². The molecule has 1 amide bonds. The van der Waals surface area contributed by atoms with Crippen molar-refractivity contribution in [3.05, 3.63) is 48.0 Å². The Morgan fingerprint density at radius 3 is 2.50 bits per heavy atom. The highest BCUT2D eigenvalue weighted by atomic mass is 32.2. The molecule has 3 N–H and O–H groups in total. The van der Waals surface area contributed by atoms with Gasteiger partial charge >= 0.3 is 0 Å². The van der Waals surface area contributed by atoms with Crippen LogP contribution in [0.2, 0.25) is 0 Å². The molecule has 4 nitrogen and oxygen atoms in total. The van der Waals surface area contributed by atoms with Gasteiger partial charge in [0.1, 0.15) is 0 Å². The number of nitrogen functional groups attached to an aromatic ring is 1. The summed E-state index contributed by atoms with van der Waals surface area (Å²) in [6.45, 7) is 0. The molecule has 0 aromatic heterocycles. The summed E-state index contributed by atoms with van der Waals surface area (Å²) in [5.41, 5.74) is 7.39. The minimum Gasteiger partial charge on any atom is -0.494 e. The number of methoxy groups -OCH3 is 1. The van der Waals surface area contributed by atoms with Crippen molar-refractivity contribution in [2.45, 2.75) is 4.90 Å². The first-order chi connectivity index (χ1) is 9.65. The molecular weight excluding hydrogens is 272 g/mol. The van der Waals surface area contributed by atoms with Crippen LogP contribution in [0.4, 0.5) is 11.4 Å². The Morgan fingerprint density at radius 2 is 1.90 bits per heavy atom. The Morgan fingerprint density at radius 1 is 1.20 bits per heavy atom. The van der Waals surface area contributed by atoms with Crippen LogP contribution in [0.1, 0.15) is 10.4 Å². The summed E-state index contributed by atoms with van der Waals surface area (Å²) in [5.74, 6) is 0.150. The molecular formula is C15H16N2O2S. The number of amides is 1. The molecule has 0 bridgehead atoms. The van der Waals surface area contributed by atoms with Crippen molar-refractivity contribution in [3.63, 3.8) is 0 Å². The van der Waals surface area contributed by atoms with E-state index >= 15 is 0 Å². The van der Waals surface area contributed by atoms with E-state index in [0.29, 0.717) is 17.0 Å². The van der Waals surface area contributed by atoms with E-state index in [1.54, 1.807) is 30.0 Å². The third kappa shape index (κ3) is 3.05. The van der Waals surface area contributed by atoms with Gasteiger partial charge in [0.05, 0.1) is 18.4 Å². The smallest absolute Gasteiger partial charge is 0.259 e. The first kappa shape index (κ1) is 14.3. The summed E-state index contributed by atoms with van der Waals surface area (Å²) in [6, 6.07) is 12.7. The molecule has 0 radical (unpaired) electrons. The van der Waals surface area contributed by atoms with Gasteiger partial charge in [-0.2, -0.15) is 0 Å². The van der Waals surface area contributed by atoms with Crippen molar-refractivity contribution >= 4 is 29.0 Å². The van der Waals surface area contributed by atoms with E-state index in [0.717, 1.165) is 10.6 Å². The number of ether oxygens (including phenoxy) is 1. The number of thioether (sulfide) groups is 1. The summed E-state index contributed by atoms with van der Waals surface area (Å²) in [5, 5.41) is 2.83. The Balaban J connectivity index is 2.21. The number of para-hydroxylation sites is 1. The van der Waals surface area contributed by atoms with Gasteiger partial charge in [0, 0.05) is 10.6 Å². The molecule has 0 fully saturated rings. The van der Waals surface area contributed by atoms with Gasteiger partial charge in [-0.1, -0.05) is 6.07 Å². The third-order valence-corrected chi connectivity index (χ3v) is 3.59. The molecule has 0 saturated carbocycles. The van der Waals surface area contributed by atoms with Crippen molar-refractivity contribution in [2.75, 3.05) is 24.4 Å². The zero-order chi connectivity index (χ0) is 14.5. The average molecular weight is 288 g/mol. The maximum atomic E-state index is 12.2. The normalized spacial score (nSPS) is 10.1. The molecule has 0 aliphatic heterocycles. The SMILES string of the molecule is COc1c(N)cccc1C(=O)Nc1ccc(SC)cc1. The lowest BCUT2D eigenvalue weighted by molar-refractivity contribution is 0.102. The standard InChI is InChI=1S/C15H16N2O2S/c1-19-14-12(4-3-5-13(14)16)15(18)17-10-6-8-11(20-2)9-7-10/h3-9H,16H2,1-2H3,(H,17,18). The Hall–Kier alpha value is -2.14. The Labute approximate surface area is 122 Å². The van der Waals surface area contributed by atoms with Gasteiger partial charge in [-0.15, -0.1) is 11.8 Å². The molecule has 5 heteroatoms. The highest BCUT2D eigenvalue weighted by Gasteiger charge is 2.14. The van der Waals surface area contributed by atoms with Crippen LogP contribution in [-0.4, -0.2) is 19.3 Å². The molecule has 0 heterocycles. The maximum Gasteiger partial charge on any atom is 0.259 e. The molecule has 2 aromatic carbocycles. The van der Waals surface area contributed by atoms with E-state index in [1.807, 2.05) is 30.5 Å². The van der Waals surface area contributed by atoms with E-state index in [2.05, 4.69) is 5.32 Å². The fourth-order valence-electron chi connectivity index (χ4n) is 1.83. The Kier molecular flexibility index (Phi) is 4.53. The molecule has 0 unspecified atom stereocenters. The highest BCUT2D eigenvalue weighted by molar-refractivity contribution is 7.98. The van der Waals surface area contributed by atoms with Gasteiger partial charge in [0.25, 0.3) is 5.91 Å². The number of hydrogen-bond donors (Lipinski definition) is 2. The predicted octanol–water partition coefficient (Wildman–Crippen LogP) is 3.25. The number of rotatable bonds is 4. The lowest BCUT2D eigenvalue weighted by Gasteiger charge is -2.11. The molecule has 0 saturated heterocycles. The molecule has 0 atom stereocenters. The van der Waals surface area contributed by atoms with Gasteiger partial charge in [-0.05, 0) is 42.7 Å². The first-order valence-corrected chi connectivity index (χ1v) is 7.26. The van der Waals surface area contributed by atoms with Crippen LogP contribution in [0.15, 0.2) is 47.4 Å². The number of carbonyl (C=O) groups excluding carboxylic acids is 1. The van der Waals surface area contributed by atoms with Crippen molar-refractivity contribution in [2.24, 2.45) is 0 Å². The number of carbonyl (C=O) groups is 1. The van der Waals surface area contributed by atoms with Crippen molar-refractivity contribution in [1.82, 2.24) is 0 Å². The number of benzene rings is 2. The van der Waals surface area contributed by atoms with Crippen LogP contribution in [-0.2, 0) is 0 Å². The molecule has 20 heavy (non-hydrogen) atoms. The second-order valence-electron chi connectivity index (χ2n) is 4.11. The average Bonchev–Trinajstić information content (AvgIpc) is 2.47. The second-order valence-corrected chi connectivity index (χ2v) is 4.99. The maximum absolute atomic E-state index is 12.2. The summed E-state index contributed by atoms with van der Waals surface area (Å²) >= 11 is 1.65. The topological polar surface area (TPSA) is 64.3 Å². The number of nitrogens with two attached hydrogens (primary N) is 1. The zero-order valence-electron chi connectivity index (χ0n) is 11.3. The highest BCUT2D eigenvalue weighted by Crippen LogP contribution is 2.27. The fraction of sp³-hybridized carbons (Fsp3) is 0.133. The van der Waals surface area contributed by atoms with Gasteiger partial charge in [0.15, 0.2) is 5.75 Å². The van der Waals surface area contributed by atoms with E-state index in [-0.39, 0.29) is 5.91 Å². The van der Waals surface area contributed by atoms with Crippen LogP contribution in [0, 0.1) is 0 Å². The van der Waals surface area contributed by atoms with E-state index in [4.69, 9.17) is 10.5 Å². The van der Waals surface area contributed by atoms with Crippen LogP contribution in [0.5, 0.6) is 5.75 Å². The quantitative estimate of drug-likeness (QED) is 0.669. The van der Waals surface area contributed by atoms with Gasteiger partial charge < -0.3 is 15.8 Å². The monoisotopic (exact) mass is 288 g/mol. The van der Waals surface area contributed by atoms with Crippen LogP contribution in [0.3, 0.4) is 0 Å². The lowest BCUT2D eigenvalue weighted by atomic mass is 10.1. The third-order valence-electron chi connectivity index (χ3n) is 2.84. The largest absolute Gasteiger partial charge is 0.494 e. The lowest BCUT2D eigenvalue weighted by Crippen LogP contribution is -2.13.